The summed E-state index contributed by atoms with van der Waals surface area (Å²) in [6.45, 7) is 5.58. The molecule has 0 unspecified atom stereocenters. The van der Waals surface area contributed by atoms with Crippen LogP contribution in [0.3, 0.4) is 0 Å². The van der Waals surface area contributed by atoms with E-state index in [9.17, 15) is 14.4 Å². The van der Waals surface area contributed by atoms with Gasteiger partial charge in [-0.25, -0.2) is 4.79 Å². The molecule has 1 rings (SSSR count). The van der Waals surface area contributed by atoms with Gasteiger partial charge >= 0.3 is 6.03 Å². The third-order valence-corrected chi connectivity index (χ3v) is 3.09. The standard InChI is InChI=1S/C12H18N2O3/c1-4-5-6-7-12(8(2)3)9(15)13-11(17)14-10(12)16/h5-6,8H,4,7H2,1-3H3,(H2,13,14,15,16,17)/b6-5+. The lowest BCUT2D eigenvalue weighted by Crippen LogP contribution is -2.64. The van der Waals surface area contributed by atoms with E-state index in [4.69, 9.17) is 0 Å². The van der Waals surface area contributed by atoms with Gasteiger partial charge in [-0.3, -0.25) is 20.2 Å². The third-order valence-electron chi connectivity index (χ3n) is 3.09. The van der Waals surface area contributed by atoms with E-state index in [1.54, 1.807) is 13.8 Å². The normalized spacial score (nSPS) is 19.6. The summed E-state index contributed by atoms with van der Waals surface area (Å²) >= 11 is 0. The third kappa shape index (κ3) is 2.38. The molecule has 0 aromatic heterocycles. The van der Waals surface area contributed by atoms with Crippen LogP contribution in [-0.4, -0.2) is 17.8 Å². The van der Waals surface area contributed by atoms with Crippen LogP contribution < -0.4 is 10.6 Å². The zero-order chi connectivity index (χ0) is 13.1. The van der Waals surface area contributed by atoms with E-state index in [2.05, 4.69) is 10.6 Å². The number of carbonyl (C=O) groups excluding carboxylic acids is 3. The van der Waals surface area contributed by atoms with Crippen LogP contribution in [0.25, 0.3) is 0 Å². The van der Waals surface area contributed by atoms with E-state index in [0.29, 0.717) is 6.42 Å². The van der Waals surface area contributed by atoms with Gasteiger partial charge in [0.1, 0.15) is 5.41 Å². The fourth-order valence-corrected chi connectivity index (χ4v) is 1.95. The Kier molecular flexibility index (Phi) is 4.04. The topological polar surface area (TPSA) is 75.3 Å². The zero-order valence-corrected chi connectivity index (χ0v) is 10.4. The van der Waals surface area contributed by atoms with Crippen LogP contribution in [0.15, 0.2) is 12.2 Å². The molecule has 0 saturated carbocycles. The highest BCUT2D eigenvalue weighted by Crippen LogP contribution is 2.34. The van der Waals surface area contributed by atoms with Crippen LogP contribution in [-0.2, 0) is 9.59 Å². The minimum Gasteiger partial charge on any atom is -0.277 e. The van der Waals surface area contributed by atoms with Crippen LogP contribution in [0, 0.1) is 11.3 Å². The largest absolute Gasteiger partial charge is 0.328 e. The first-order valence-corrected chi connectivity index (χ1v) is 5.77. The fraction of sp³-hybridized carbons (Fsp3) is 0.583. The Labute approximate surface area is 101 Å². The van der Waals surface area contributed by atoms with E-state index in [1.165, 1.54) is 0 Å². The SMILES string of the molecule is CC/C=C/CC1(C(C)C)C(=O)NC(=O)NC1=O. The van der Waals surface area contributed by atoms with E-state index in [-0.39, 0.29) is 5.92 Å². The molecule has 1 saturated heterocycles. The number of barbiturate groups is 1. The average molecular weight is 238 g/mol. The second-order valence-corrected chi connectivity index (χ2v) is 4.45. The van der Waals surface area contributed by atoms with Crippen molar-refractivity contribution in [3.63, 3.8) is 0 Å². The lowest BCUT2D eigenvalue weighted by atomic mass is 9.72. The van der Waals surface area contributed by atoms with Gasteiger partial charge in [0.05, 0.1) is 0 Å². The van der Waals surface area contributed by atoms with E-state index >= 15 is 0 Å². The van der Waals surface area contributed by atoms with Gasteiger partial charge in [0.15, 0.2) is 0 Å². The van der Waals surface area contributed by atoms with Crippen LogP contribution in [0.2, 0.25) is 0 Å². The molecule has 2 N–H and O–H groups in total. The number of hydrogen-bond donors (Lipinski definition) is 2. The molecule has 0 aromatic carbocycles. The van der Waals surface area contributed by atoms with Crippen LogP contribution in [0.1, 0.15) is 33.6 Å². The summed E-state index contributed by atoms with van der Waals surface area (Å²) in [5.74, 6) is -1.21. The van der Waals surface area contributed by atoms with Gasteiger partial charge in [0.2, 0.25) is 11.8 Å². The Hall–Kier alpha value is -1.65. The molecule has 1 fully saturated rings. The Morgan fingerprint density at radius 2 is 1.65 bits per heavy atom. The summed E-state index contributed by atoms with van der Waals surface area (Å²) < 4.78 is 0. The molecule has 0 bridgehead atoms. The van der Waals surface area contributed by atoms with Gasteiger partial charge in [-0.15, -0.1) is 0 Å². The molecule has 1 aliphatic heterocycles. The van der Waals surface area contributed by atoms with E-state index in [1.807, 2.05) is 19.1 Å². The summed E-state index contributed by atoms with van der Waals surface area (Å²) in [7, 11) is 0. The summed E-state index contributed by atoms with van der Waals surface area (Å²) in [5.41, 5.74) is -1.18. The van der Waals surface area contributed by atoms with Crippen molar-refractivity contribution in [3.05, 3.63) is 12.2 Å². The Morgan fingerprint density at radius 3 is 2.06 bits per heavy atom. The molecule has 0 radical (unpaired) electrons. The maximum atomic E-state index is 11.9. The highest BCUT2D eigenvalue weighted by Gasteiger charge is 2.51. The van der Waals surface area contributed by atoms with Crippen LogP contribution in [0.4, 0.5) is 4.79 Å². The first kappa shape index (κ1) is 13.4. The number of imide groups is 2. The summed E-state index contributed by atoms with van der Waals surface area (Å²) in [5, 5.41) is 4.33. The zero-order valence-electron chi connectivity index (χ0n) is 10.4. The minimum absolute atomic E-state index is 0.183. The molecule has 4 amide bonds. The van der Waals surface area contributed by atoms with Gasteiger partial charge < -0.3 is 0 Å². The van der Waals surface area contributed by atoms with E-state index in [0.717, 1.165) is 6.42 Å². The number of rotatable bonds is 4. The van der Waals surface area contributed by atoms with Crippen LogP contribution >= 0.6 is 0 Å². The number of amides is 4. The smallest absolute Gasteiger partial charge is 0.277 e. The lowest BCUT2D eigenvalue weighted by Gasteiger charge is -2.36. The van der Waals surface area contributed by atoms with Gasteiger partial charge in [0.25, 0.3) is 0 Å². The Balaban J connectivity index is 3.04. The molecule has 1 aliphatic rings. The van der Waals surface area contributed by atoms with Gasteiger partial charge in [-0.05, 0) is 18.8 Å². The second kappa shape index (κ2) is 5.12. The van der Waals surface area contributed by atoms with Crippen molar-refractivity contribution in [1.29, 1.82) is 0 Å². The quantitative estimate of drug-likeness (QED) is 0.573. The first-order valence-electron chi connectivity index (χ1n) is 5.77. The molecule has 0 aliphatic carbocycles. The van der Waals surface area contributed by atoms with Crippen molar-refractivity contribution in [3.8, 4) is 0 Å². The predicted molar refractivity (Wildman–Crippen MR) is 63.0 cm³/mol. The molecule has 5 nitrogen and oxygen atoms in total. The monoisotopic (exact) mass is 238 g/mol. The first-order chi connectivity index (χ1) is 7.95. The predicted octanol–water partition coefficient (Wildman–Crippen LogP) is 1.35. The Bertz CT molecular complexity index is 352. The van der Waals surface area contributed by atoms with E-state index < -0.39 is 23.3 Å². The molecule has 17 heavy (non-hydrogen) atoms. The minimum atomic E-state index is -1.18. The molecular formula is C12H18N2O3. The maximum Gasteiger partial charge on any atom is 0.328 e. The highest BCUT2D eigenvalue weighted by molar-refractivity contribution is 6.19. The molecule has 0 aromatic rings. The summed E-state index contributed by atoms with van der Waals surface area (Å²) in [6, 6.07) is -0.740. The van der Waals surface area contributed by atoms with Crippen molar-refractivity contribution in [2.24, 2.45) is 11.3 Å². The van der Waals surface area contributed by atoms with Gasteiger partial charge in [-0.1, -0.05) is 32.9 Å². The maximum absolute atomic E-state index is 11.9. The number of allylic oxidation sites excluding steroid dienone is 2. The van der Waals surface area contributed by atoms with Crippen molar-refractivity contribution in [1.82, 2.24) is 10.6 Å². The summed E-state index contributed by atoms with van der Waals surface area (Å²) in [6.07, 6.45) is 4.87. The highest BCUT2D eigenvalue weighted by atomic mass is 16.2. The molecule has 5 heteroatoms. The number of urea groups is 1. The summed E-state index contributed by atoms with van der Waals surface area (Å²) in [4.78, 5) is 34.9. The van der Waals surface area contributed by atoms with Gasteiger partial charge in [0, 0.05) is 0 Å². The number of carbonyl (C=O) groups is 3. The van der Waals surface area contributed by atoms with Crippen LogP contribution in [0.5, 0.6) is 0 Å². The number of nitrogens with one attached hydrogen (secondary N) is 2. The molecule has 0 spiro atoms. The molecule has 0 atom stereocenters. The lowest BCUT2D eigenvalue weighted by molar-refractivity contribution is -0.147. The number of hydrogen-bond acceptors (Lipinski definition) is 3. The average Bonchev–Trinajstić information content (AvgIpc) is 2.21. The Morgan fingerprint density at radius 1 is 1.12 bits per heavy atom. The second-order valence-electron chi connectivity index (χ2n) is 4.45. The molecular weight excluding hydrogens is 220 g/mol. The molecule has 1 heterocycles. The van der Waals surface area contributed by atoms with Crippen molar-refractivity contribution < 1.29 is 14.4 Å². The van der Waals surface area contributed by atoms with Crippen molar-refractivity contribution >= 4 is 17.8 Å². The van der Waals surface area contributed by atoms with Gasteiger partial charge in [-0.2, -0.15) is 0 Å². The van der Waals surface area contributed by atoms with Crippen molar-refractivity contribution in [2.45, 2.75) is 33.6 Å². The van der Waals surface area contributed by atoms with Crippen molar-refractivity contribution in [2.75, 3.05) is 0 Å². The fourth-order valence-electron chi connectivity index (χ4n) is 1.95. The molecule has 94 valence electrons.